The van der Waals surface area contributed by atoms with Crippen LogP contribution in [0.25, 0.3) is 0 Å². The van der Waals surface area contributed by atoms with Gasteiger partial charge in [0, 0.05) is 0 Å². The maximum atomic E-state index is 11.0. The summed E-state index contributed by atoms with van der Waals surface area (Å²) in [6.45, 7) is 18.3. The summed E-state index contributed by atoms with van der Waals surface area (Å²) in [6.07, 6.45) is 0.865. The molecule has 0 radical (unpaired) electrons. The van der Waals surface area contributed by atoms with Crippen LogP contribution in [0.15, 0.2) is 30.3 Å². The second-order valence-electron chi connectivity index (χ2n) is 8.60. The Morgan fingerprint density at radius 3 is 2.08 bits per heavy atom. The molecular weight excluding hydrogens is 314 g/mol. The maximum Gasteiger partial charge on any atom is 0.192 e. The molecule has 0 unspecified atom stereocenters. The largest absolute Gasteiger partial charge is 0.415 e. The summed E-state index contributed by atoms with van der Waals surface area (Å²) in [5.41, 5.74) is 1.15. The monoisotopic (exact) mass is 351 g/mol. The molecule has 0 aliphatic carbocycles. The first-order valence-corrected chi connectivity index (χ1v) is 12.1. The molecule has 3 nitrogen and oxygen atoms in total. The van der Waals surface area contributed by atoms with Crippen molar-refractivity contribution in [2.75, 3.05) is 6.61 Å². The van der Waals surface area contributed by atoms with Crippen LogP contribution in [-0.4, -0.2) is 31.2 Å². The van der Waals surface area contributed by atoms with Crippen molar-refractivity contribution in [2.45, 2.75) is 78.2 Å². The maximum absolute atomic E-state index is 11.0. The van der Waals surface area contributed by atoms with Gasteiger partial charge in [0.05, 0.1) is 18.7 Å². The lowest BCUT2D eigenvalue weighted by Gasteiger charge is -2.40. The van der Waals surface area contributed by atoms with Gasteiger partial charge in [-0.1, -0.05) is 71.9 Å². The van der Waals surface area contributed by atoms with E-state index in [1.165, 1.54) is 5.06 Å². The lowest BCUT2D eigenvalue weighted by atomic mass is 9.99. The first kappa shape index (κ1) is 21.4. The summed E-state index contributed by atoms with van der Waals surface area (Å²) in [5.74, 6) is 0.317. The van der Waals surface area contributed by atoms with Crippen LogP contribution in [0.4, 0.5) is 0 Å². The zero-order valence-electron chi connectivity index (χ0n) is 16.8. The minimum absolute atomic E-state index is 0.00150. The SMILES string of the molecule is CC[C@H](c1ccccc1)N(O)[C@H](CO[Si](C)(C)C(C)(C)C)C(C)C. The van der Waals surface area contributed by atoms with Gasteiger partial charge in [0.1, 0.15) is 0 Å². The third kappa shape index (κ3) is 5.41. The van der Waals surface area contributed by atoms with Gasteiger partial charge in [-0.25, -0.2) is 0 Å². The average molecular weight is 352 g/mol. The molecule has 1 rings (SSSR count). The van der Waals surface area contributed by atoms with Crippen molar-refractivity contribution >= 4 is 8.32 Å². The summed E-state index contributed by atoms with van der Waals surface area (Å²) in [5, 5.41) is 12.7. The second-order valence-corrected chi connectivity index (χ2v) is 13.4. The van der Waals surface area contributed by atoms with Crippen molar-refractivity contribution in [3.8, 4) is 0 Å². The zero-order chi connectivity index (χ0) is 18.5. The summed E-state index contributed by atoms with van der Waals surface area (Å²) < 4.78 is 6.41. The van der Waals surface area contributed by atoms with E-state index in [4.69, 9.17) is 4.43 Å². The Bertz CT molecular complexity index is 482. The lowest BCUT2D eigenvalue weighted by Crippen LogP contribution is -2.48. The lowest BCUT2D eigenvalue weighted by molar-refractivity contribution is -0.181. The smallest absolute Gasteiger partial charge is 0.192 e. The third-order valence-electron chi connectivity index (χ3n) is 5.42. The quantitative estimate of drug-likeness (QED) is 0.469. The predicted octanol–water partition coefficient (Wildman–Crippen LogP) is 5.88. The topological polar surface area (TPSA) is 32.7 Å². The van der Waals surface area contributed by atoms with Crippen molar-refractivity contribution in [1.82, 2.24) is 5.06 Å². The highest BCUT2D eigenvalue weighted by Crippen LogP contribution is 2.37. The molecule has 4 heteroatoms. The first-order chi connectivity index (χ1) is 11.0. The number of rotatable bonds is 8. The Kier molecular flexibility index (Phi) is 7.66. The van der Waals surface area contributed by atoms with E-state index < -0.39 is 8.32 Å². The van der Waals surface area contributed by atoms with Gasteiger partial charge in [0.2, 0.25) is 0 Å². The molecule has 0 amide bonds. The highest BCUT2D eigenvalue weighted by Gasteiger charge is 2.39. The molecule has 0 fully saturated rings. The molecule has 0 heterocycles. The summed E-state index contributed by atoms with van der Waals surface area (Å²) in [7, 11) is -1.82. The van der Waals surface area contributed by atoms with E-state index in [1.54, 1.807) is 0 Å². The molecule has 0 aromatic heterocycles. The number of hydrogen-bond acceptors (Lipinski definition) is 3. The van der Waals surface area contributed by atoms with Crippen LogP contribution in [0.5, 0.6) is 0 Å². The van der Waals surface area contributed by atoms with E-state index in [-0.39, 0.29) is 17.1 Å². The Labute approximate surface area is 150 Å². The zero-order valence-corrected chi connectivity index (χ0v) is 17.8. The minimum atomic E-state index is -1.82. The molecule has 1 aromatic rings. The Morgan fingerprint density at radius 2 is 1.67 bits per heavy atom. The van der Waals surface area contributed by atoms with Gasteiger partial charge < -0.3 is 9.63 Å². The molecule has 0 aliphatic heterocycles. The fourth-order valence-corrected chi connectivity index (χ4v) is 3.59. The molecule has 0 saturated carbocycles. The van der Waals surface area contributed by atoms with E-state index in [9.17, 15) is 5.21 Å². The minimum Gasteiger partial charge on any atom is -0.415 e. The first-order valence-electron chi connectivity index (χ1n) is 9.17. The van der Waals surface area contributed by atoms with Gasteiger partial charge >= 0.3 is 0 Å². The van der Waals surface area contributed by atoms with Gasteiger partial charge in [0.15, 0.2) is 8.32 Å². The average Bonchev–Trinajstić information content (AvgIpc) is 2.47. The molecule has 24 heavy (non-hydrogen) atoms. The van der Waals surface area contributed by atoms with Gasteiger partial charge in [-0.3, -0.25) is 0 Å². The normalized spacial score (nSPS) is 15.8. The molecular formula is C20H37NO2Si. The molecule has 2 atom stereocenters. The van der Waals surface area contributed by atoms with Crippen molar-refractivity contribution in [2.24, 2.45) is 5.92 Å². The molecule has 1 aromatic carbocycles. The summed E-state index contributed by atoms with van der Waals surface area (Å²) in [6, 6.07) is 10.2. The van der Waals surface area contributed by atoms with E-state index in [2.05, 4.69) is 66.8 Å². The fourth-order valence-electron chi connectivity index (χ4n) is 2.57. The number of nitrogens with zero attached hydrogens (tertiary/aromatic N) is 1. The van der Waals surface area contributed by atoms with E-state index in [1.807, 2.05) is 18.2 Å². The van der Waals surface area contributed by atoms with Crippen molar-refractivity contribution in [3.05, 3.63) is 35.9 Å². The van der Waals surface area contributed by atoms with Crippen LogP contribution in [0.2, 0.25) is 18.1 Å². The van der Waals surface area contributed by atoms with E-state index in [0.717, 1.165) is 12.0 Å². The van der Waals surface area contributed by atoms with Crippen LogP contribution in [-0.2, 0) is 4.43 Å². The Hall–Kier alpha value is -0.683. The molecule has 138 valence electrons. The van der Waals surface area contributed by atoms with Gasteiger partial charge in [-0.15, -0.1) is 0 Å². The molecule has 1 N–H and O–H groups in total. The molecule has 0 spiro atoms. The summed E-state index contributed by atoms with van der Waals surface area (Å²) in [4.78, 5) is 0. The fraction of sp³-hybridized carbons (Fsp3) is 0.700. The van der Waals surface area contributed by atoms with Crippen LogP contribution >= 0.6 is 0 Å². The Morgan fingerprint density at radius 1 is 1.12 bits per heavy atom. The molecule has 0 aliphatic rings. The van der Waals surface area contributed by atoms with Crippen LogP contribution in [0.1, 0.15) is 59.6 Å². The van der Waals surface area contributed by atoms with Crippen LogP contribution in [0.3, 0.4) is 0 Å². The highest BCUT2D eigenvalue weighted by atomic mass is 28.4. The van der Waals surface area contributed by atoms with Crippen molar-refractivity contribution in [1.29, 1.82) is 0 Å². The number of hydroxylamine groups is 2. The molecule has 0 saturated heterocycles. The predicted molar refractivity (Wildman–Crippen MR) is 105 cm³/mol. The standard InChI is InChI=1S/C20H37NO2Si/c1-9-18(17-13-11-10-12-14-17)21(22)19(16(2)3)15-23-24(7,8)20(4,5)6/h10-14,16,18-19,22H,9,15H2,1-8H3/t18-,19-/m1/s1. The van der Waals surface area contributed by atoms with Gasteiger partial charge in [-0.05, 0) is 36.0 Å². The third-order valence-corrected chi connectivity index (χ3v) is 9.92. The van der Waals surface area contributed by atoms with Crippen molar-refractivity contribution in [3.63, 3.8) is 0 Å². The number of hydrogen-bond donors (Lipinski definition) is 1. The van der Waals surface area contributed by atoms with Crippen LogP contribution < -0.4 is 0 Å². The second kappa shape index (κ2) is 8.61. The molecule has 0 bridgehead atoms. The van der Waals surface area contributed by atoms with Crippen LogP contribution in [0, 0.1) is 5.92 Å². The van der Waals surface area contributed by atoms with E-state index >= 15 is 0 Å². The van der Waals surface area contributed by atoms with Gasteiger partial charge in [-0.2, -0.15) is 5.06 Å². The summed E-state index contributed by atoms with van der Waals surface area (Å²) >= 11 is 0. The van der Waals surface area contributed by atoms with Crippen molar-refractivity contribution < 1.29 is 9.63 Å². The Balaban J connectivity index is 2.91. The van der Waals surface area contributed by atoms with Gasteiger partial charge in [0.25, 0.3) is 0 Å². The van der Waals surface area contributed by atoms with E-state index in [0.29, 0.717) is 12.5 Å². The highest BCUT2D eigenvalue weighted by molar-refractivity contribution is 6.74. The number of benzene rings is 1.